The molecule has 2 heterocycles. The van der Waals surface area contributed by atoms with Gasteiger partial charge in [0.05, 0.1) is 12.5 Å². The second-order valence-corrected chi connectivity index (χ2v) is 6.07. The third-order valence-corrected chi connectivity index (χ3v) is 3.41. The molecule has 0 aromatic carbocycles. The molecule has 0 spiro atoms. The molecule has 2 aliphatic heterocycles. The van der Waals surface area contributed by atoms with Gasteiger partial charge in [-0.15, -0.1) is 0 Å². The molecular formula is C12H20F2N2O2. The number of alkyl halides is 2. The molecule has 0 aliphatic carbocycles. The van der Waals surface area contributed by atoms with Crippen LogP contribution in [0.5, 0.6) is 0 Å². The molecule has 0 unspecified atom stereocenters. The normalized spacial score (nSPS) is 31.1. The van der Waals surface area contributed by atoms with Crippen LogP contribution < -0.4 is 5.32 Å². The van der Waals surface area contributed by atoms with Crippen molar-refractivity contribution in [1.29, 1.82) is 0 Å². The molecule has 0 saturated carbocycles. The number of nitrogens with zero attached hydrogens (tertiary/aromatic N) is 1. The fourth-order valence-electron chi connectivity index (χ4n) is 2.51. The molecule has 6 heteroatoms. The van der Waals surface area contributed by atoms with Gasteiger partial charge in [-0.2, -0.15) is 0 Å². The zero-order chi connectivity index (χ0) is 13.6. The van der Waals surface area contributed by atoms with Gasteiger partial charge in [0.2, 0.25) is 0 Å². The number of rotatable bonds is 0. The minimum absolute atomic E-state index is 0.0690. The summed E-state index contributed by atoms with van der Waals surface area (Å²) in [5.41, 5.74) is -0.593. The minimum atomic E-state index is -2.73. The van der Waals surface area contributed by atoms with Crippen molar-refractivity contribution in [3.05, 3.63) is 0 Å². The Kier molecular flexibility index (Phi) is 3.25. The molecule has 0 radical (unpaired) electrons. The number of piperidine rings is 1. The van der Waals surface area contributed by atoms with Crippen LogP contribution in [-0.4, -0.2) is 48.2 Å². The van der Waals surface area contributed by atoms with E-state index in [4.69, 9.17) is 4.74 Å². The van der Waals surface area contributed by atoms with Crippen LogP contribution in [0.4, 0.5) is 13.6 Å². The number of carbonyl (C=O) groups is 1. The first-order chi connectivity index (χ1) is 8.19. The highest BCUT2D eigenvalue weighted by Crippen LogP contribution is 2.36. The average Bonchev–Trinajstić information content (AvgIpc) is 2.52. The number of hydrogen-bond donors (Lipinski definition) is 1. The van der Waals surface area contributed by atoms with E-state index in [1.165, 1.54) is 4.90 Å². The number of amides is 1. The van der Waals surface area contributed by atoms with Crippen molar-refractivity contribution in [2.75, 3.05) is 19.6 Å². The Labute approximate surface area is 106 Å². The second-order valence-electron chi connectivity index (χ2n) is 6.07. The van der Waals surface area contributed by atoms with Crippen molar-refractivity contribution in [2.45, 2.75) is 44.8 Å². The average molecular weight is 262 g/mol. The number of ether oxygens (including phenoxy) is 1. The van der Waals surface area contributed by atoms with Gasteiger partial charge >= 0.3 is 6.09 Å². The summed E-state index contributed by atoms with van der Waals surface area (Å²) in [6.07, 6.45) is 0.0584. The number of fused-ring (bicyclic) bond motifs is 1. The predicted octanol–water partition coefficient (Wildman–Crippen LogP) is 1.85. The number of carbonyl (C=O) groups excluding carboxylic acids is 1. The summed E-state index contributed by atoms with van der Waals surface area (Å²) >= 11 is 0. The van der Waals surface area contributed by atoms with E-state index in [9.17, 15) is 13.6 Å². The lowest BCUT2D eigenvalue weighted by molar-refractivity contribution is -0.0528. The summed E-state index contributed by atoms with van der Waals surface area (Å²) in [6, 6.07) is -0.182. The van der Waals surface area contributed by atoms with Crippen LogP contribution in [-0.2, 0) is 4.74 Å². The number of halogens is 2. The maximum atomic E-state index is 13.6. The summed E-state index contributed by atoms with van der Waals surface area (Å²) in [4.78, 5) is 13.2. The number of likely N-dealkylation sites (tertiary alicyclic amines) is 1. The zero-order valence-electron chi connectivity index (χ0n) is 11.0. The molecule has 2 rings (SSSR count). The van der Waals surface area contributed by atoms with E-state index >= 15 is 0 Å². The van der Waals surface area contributed by atoms with Gasteiger partial charge in [0.1, 0.15) is 5.60 Å². The molecule has 2 saturated heterocycles. The van der Waals surface area contributed by atoms with Crippen LogP contribution in [0.25, 0.3) is 0 Å². The highest BCUT2D eigenvalue weighted by molar-refractivity contribution is 5.68. The zero-order valence-corrected chi connectivity index (χ0v) is 11.0. The van der Waals surface area contributed by atoms with Gasteiger partial charge in [-0.3, -0.25) is 0 Å². The molecule has 18 heavy (non-hydrogen) atoms. The Morgan fingerprint density at radius 2 is 2.11 bits per heavy atom. The van der Waals surface area contributed by atoms with E-state index in [2.05, 4.69) is 5.32 Å². The third kappa shape index (κ3) is 2.74. The van der Waals surface area contributed by atoms with Crippen molar-refractivity contribution < 1.29 is 18.3 Å². The molecule has 1 amide bonds. The fraction of sp³-hybridized carbons (Fsp3) is 0.917. The van der Waals surface area contributed by atoms with Gasteiger partial charge in [0.15, 0.2) is 0 Å². The first-order valence-electron chi connectivity index (χ1n) is 6.28. The lowest BCUT2D eigenvalue weighted by Crippen LogP contribution is -2.51. The van der Waals surface area contributed by atoms with Gasteiger partial charge in [0.25, 0.3) is 5.92 Å². The Bertz CT molecular complexity index is 341. The van der Waals surface area contributed by atoms with Crippen LogP contribution in [0.1, 0.15) is 27.2 Å². The van der Waals surface area contributed by atoms with Crippen LogP contribution in [0.2, 0.25) is 0 Å². The van der Waals surface area contributed by atoms with Crippen LogP contribution in [0, 0.1) is 5.92 Å². The molecule has 2 atom stereocenters. The van der Waals surface area contributed by atoms with E-state index in [-0.39, 0.29) is 19.1 Å². The molecule has 1 N–H and O–H groups in total. The summed E-state index contributed by atoms with van der Waals surface area (Å²) < 4.78 is 32.4. The van der Waals surface area contributed by atoms with E-state index < -0.39 is 23.5 Å². The van der Waals surface area contributed by atoms with E-state index in [1.807, 2.05) is 0 Å². The maximum absolute atomic E-state index is 13.6. The van der Waals surface area contributed by atoms with Crippen molar-refractivity contribution >= 4 is 6.09 Å². The van der Waals surface area contributed by atoms with Gasteiger partial charge in [-0.25, -0.2) is 13.6 Å². The van der Waals surface area contributed by atoms with E-state index in [1.54, 1.807) is 20.8 Å². The van der Waals surface area contributed by atoms with Crippen molar-refractivity contribution in [3.63, 3.8) is 0 Å². The molecule has 0 bridgehead atoms. The largest absolute Gasteiger partial charge is 0.444 e. The lowest BCUT2D eigenvalue weighted by atomic mass is 9.91. The van der Waals surface area contributed by atoms with Crippen molar-refractivity contribution in [3.8, 4) is 0 Å². The minimum Gasteiger partial charge on any atom is -0.444 e. The summed E-state index contributed by atoms with van der Waals surface area (Å²) in [7, 11) is 0. The van der Waals surface area contributed by atoms with Gasteiger partial charge < -0.3 is 15.0 Å². The monoisotopic (exact) mass is 262 g/mol. The Morgan fingerprint density at radius 3 is 2.72 bits per heavy atom. The fourth-order valence-corrected chi connectivity index (χ4v) is 2.51. The third-order valence-electron chi connectivity index (χ3n) is 3.41. The maximum Gasteiger partial charge on any atom is 0.410 e. The standard InChI is InChI=1S/C12H20F2N2O2/c1-11(2,3)18-10(17)16-5-4-9-8(6-16)12(13,14)7-15-9/h8-9,15H,4-7H2,1-3H3/t8-,9+/m0/s1. The van der Waals surface area contributed by atoms with E-state index in [0.29, 0.717) is 13.0 Å². The number of nitrogens with one attached hydrogen (secondary N) is 1. The number of hydrogen-bond acceptors (Lipinski definition) is 3. The van der Waals surface area contributed by atoms with Gasteiger partial charge in [-0.05, 0) is 27.2 Å². The van der Waals surface area contributed by atoms with E-state index in [0.717, 1.165) is 0 Å². The molecule has 104 valence electrons. The van der Waals surface area contributed by atoms with Crippen molar-refractivity contribution in [2.24, 2.45) is 5.92 Å². The highest BCUT2D eigenvalue weighted by Gasteiger charge is 2.52. The second kappa shape index (κ2) is 4.33. The lowest BCUT2D eigenvalue weighted by Gasteiger charge is -2.37. The van der Waals surface area contributed by atoms with Gasteiger partial charge in [-0.1, -0.05) is 0 Å². The van der Waals surface area contributed by atoms with Crippen LogP contribution in [0.3, 0.4) is 0 Å². The smallest absolute Gasteiger partial charge is 0.410 e. The summed E-state index contributed by atoms with van der Waals surface area (Å²) in [5.74, 6) is -3.52. The highest BCUT2D eigenvalue weighted by atomic mass is 19.3. The first kappa shape index (κ1) is 13.5. The molecule has 0 aromatic heterocycles. The first-order valence-corrected chi connectivity index (χ1v) is 6.28. The summed E-state index contributed by atoms with van der Waals surface area (Å²) in [6.45, 7) is 5.55. The Balaban J connectivity index is 1.99. The molecule has 4 nitrogen and oxygen atoms in total. The molecular weight excluding hydrogens is 242 g/mol. The van der Waals surface area contributed by atoms with Crippen LogP contribution >= 0.6 is 0 Å². The Hall–Kier alpha value is -0.910. The van der Waals surface area contributed by atoms with Gasteiger partial charge in [0, 0.05) is 19.1 Å². The van der Waals surface area contributed by atoms with Crippen molar-refractivity contribution in [1.82, 2.24) is 10.2 Å². The Morgan fingerprint density at radius 1 is 1.44 bits per heavy atom. The predicted molar refractivity (Wildman–Crippen MR) is 62.7 cm³/mol. The van der Waals surface area contributed by atoms with Crippen LogP contribution in [0.15, 0.2) is 0 Å². The summed E-state index contributed by atoms with van der Waals surface area (Å²) in [5, 5.41) is 2.83. The molecule has 2 fully saturated rings. The quantitative estimate of drug-likeness (QED) is 0.724. The molecule has 0 aromatic rings. The molecule has 2 aliphatic rings. The topological polar surface area (TPSA) is 41.6 Å². The SMILES string of the molecule is CC(C)(C)OC(=O)N1CC[C@H]2NCC(F)(F)[C@H]2C1.